The number of rotatable bonds is 4. The molecule has 0 aliphatic carbocycles. The van der Waals surface area contributed by atoms with Crippen LogP contribution in [0.1, 0.15) is 36.1 Å². The van der Waals surface area contributed by atoms with Crippen molar-refractivity contribution >= 4 is 0 Å². The molecule has 0 amide bonds. The van der Waals surface area contributed by atoms with Gasteiger partial charge in [-0.2, -0.15) is 0 Å². The number of benzene rings is 2. The molecule has 1 aliphatic heterocycles. The van der Waals surface area contributed by atoms with Crippen LogP contribution in [0, 0.1) is 0 Å². The molecule has 21 heavy (non-hydrogen) atoms. The van der Waals surface area contributed by atoms with E-state index in [1.807, 2.05) is 37.3 Å². The molecule has 0 saturated heterocycles. The molecule has 3 nitrogen and oxygen atoms in total. The first-order valence-electron chi connectivity index (χ1n) is 7.52. The van der Waals surface area contributed by atoms with Gasteiger partial charge in [0, 0.05) is 0 Å². The number of hydrogen-bond donors (Lipinski definition) is 1. The van der Waals surface area contributed by atoms with Crippen LogP contribution < -0.4 is 15.2 Å². The Balaban J connectivity index is 1.82. The third-order valence-electron chi connectivity index (χ3n) is 3.84. The zero-order valence-electron chi connectivity index (χ0n) is 12.3. The van der Waals surface area contributed by atoms with E-state index < -0.39 is 0 Å². The molecule has 0 spiro atoms. The smallest absolute Gasteiger partial charge is 0.122 e. The van der Waals surface area contributed by atoms with Crippen LogP contribution in [0.4, 0.5) is 0 Å². The predicted molar refractivity (Wildman–Crippen MR) is 83.9 cm³/mol. The summed E-state index contributed by atoms with van der Waals surface area (Å²) in [5, 5.41) is 0. The molecule has 0 bridgehead atoms. The first-order valence-corrected chi connectivity index (χ1v) is 7.52. The maximum Gasteiger partial charge on any atom is 0.122 e. The van der Waals surface area contributed by atoms with Crippen molar-refractivity contribution in [1.29, 1.82) is 0 Å². The van der Waals surface area contributed by atoms with Crippen molar-refractivity contribution in [3.05, 3.63) is 59.2 Å². The lowest BCUT2D eigenvalue weighted by Gasteiger charge is -2.20. The van der Waals surface area contributed by atoms with E-state index in [0.717, 1.165) is 42.1 Å². The van der Waals surface area contributed by atoms with E-state index in [9.17, 15) is 0 Å². The molecule has 3 heteroatoms. The van der Waals surface area contributed by atoms with Crippen molar-refractivity contribution in [1.82, 2.24) is 0 Å². The monoisotopic (exact) mass is 283 g/mol. The summed E-state index contributed by atoms with van der Waals surface area (Å²) in [5.41, 5.74) is 9.88. The normalized spacial score (nSPS) is 15.0. The van der Waals surface area contributed by atoms with Gasteiger partial charge in [-0.3, -0.25) is 0 Å². The largest absolute Gasteiger partial charge is 0.494 e. The lowest BCUT2D eigenvalue weighted by atomic mass is 9.95. The van der Waals surface area contributed by atoms with Crippen LogP contribution in [0.25, 0.3) is 0 Å². The Morgan fingerprint density at radius 3 is 2.67 bits per heavy atom. The molecule has 2 aromatic rings. The van der Waals surface area contributed by atoms with E-state index in [1.54, 1.807) is 0 Å². The van der Waals surface area contributed by atoms with Crippen LogP contribution in [0.5, 0.6) is 11.5 Å². The van der Waals surface area contributed by atoms with Crippen molar-refractivity contribution in [3.63, 3.8) is 0 Å². The molecule has 0 radical (unpaired) electrons. The first kappa shape index (κ1) is 14.0. The Labute approximate surface area is 125 Å². The van der Waals surface area contributed by atoms with Crippen LogP contribution in [0.2, 0.25) is 0 Å². The average Bonchev–Trinajstić information content (AvgIpc) is 2.55. The molecule has 110 valence electrons. The van der Waals surface area contributed by atoms with E-state index >= 15 is 0 Å². The van der Waals surface area contributed by atoms with Crippen LogP contribution in [0.3, 0.4) is 0 Å². The fourth-order valence-electron chi connectivity index (χ4n) is 2.70. The zero-order valence-corrected chi connectivity index (χ0v) is 12.3. The minimum Gasteiger partial charge on any atom is -0.494 e. The molecule has 1 unspecified atom stereocenters. The summed E-state index contributed by atoms with van der Waals surface area (Å²) >= 11 is 0. The van der Waals surface area contributed by atoms with Crippen molar-refractivity contribution in [2.24, 2.45) is 5.73 Å². The maximum absolute atomic E-state index is 6.39. The van der Waals surface area contributed by atoms with E-state index in [-0.39, 0.29) is 6.04 Å². The highest BCUT2D eigenvalue weighted by Crippen LogP contribution is 2.29. The second kappa shape index (κ2) is 6.19. The number of ether oxygens (including phenoxy) is 2. The molecular weight excluding hydrogens is 262 g/mol. The molecule has 1 heterocycles. The number of nitrogens with two attached hydrogens (primary N) is 1. The van der Waals surface area contributed by atoms with Gasteiger partial charge in [-0.25, -0.2) is 0 Å². The fraction of sp³-hybridized carbons (Fsp3) is 0.333. The summed E-state index contributed by atoms with van der Waals surface area (Å²) in [4.78, 5) is 0. The quantitative estimate of drug-likeness (QED) is 0.934. The summed E-state index contributed by atoms with van der Waals surface area (Å²) in [6.45, 7) is 3.47. The summed E-state index contributed by atoms with van der Waals surface area (Å²) in [6, 6.07) is 14.2. The number of fused-ring (bicyclic) bond motifs is 1. The van der Waals surface area contributed by atoms with Gasteiger partial charge >= 0.3 is 0 Å². The second-order valence-corrected chi connectivity index (χ2v) is 5.30. The van der Waals surface area contributed by atoms with Gasteiger partial charge in [0.05, 0.1) is 19.3 Å². The molecule has 0 fully saturated rings. The van der Waals surface area contributed by atoms with Crippen molar-refractivity contribution < 1.29 is 9.47 Å². The molecular formula is C18H21NO2. The highest BCUT2D eigenvalue weighted by Gasteiger charge is 2.14. The van der Waals surface area contributed by atoms with Crippen molar-refractivity contribution in [2.45, 2.75) is 25.8 Å². The first-order chi connectivity index (χ1) is 10.3. The van der Waals surface area contributed by atoms with Gasteiger partial charge in [0.25, 0.3) is 0 Å². The predicted octanol–water partition coefficient (Wildman–Crippen LogP) is 3.46. The Kier molecular flexibility index (Phi) is 4.11. The lowest BCUT2D eigenvalue weighted by molar-refractivity contribution is 0.288. The highest BCUT2D eigenvalue weighted by atomic mass is 16.5. The van der Waals surface area contributed by atoms with Crippen LogP contribution in [-0.2, 0) is 6.42 Å². The Hall–Kier alpha value is -2.00. The van der Waals surface area contributed by atoms with E-state index in [2.05, 4.69) is 12.1 Å². The van der Waals surface area contributed by atoms with Gasteiger partial charge in [0.2, 0.25) is 0 Å². The standard InChI is InChI=1S/C18H21NO2/c1-2-20-16-8-5-13(6-9-16)18(19)15-7-10-17-14(12-15)4-3-11-21-17/h5-10,12,18H,2-4,11,19H2,1H3. The van der Waals surface area contributed by atoms with Gasteiger partial charge in [0.1, 0.15) is 11.5 Å². The van der Waals surface area contributed by atoms with E-state index in [1.165, 1.54) is 5.56 Å². The SMILES string of the molecule is CCOc1ccc(C(N)c2ccc3c(c2)CCCO3)cc1. The summed E-state index contributed by atoms with van der Waals surface area (Å²) in [7, 11) is 0. The molecule has 1 atom stereocenters. The minimum atomic E-state index is -0.118. The summed E-state index contributed by atoms with van der Waals surface area (Å²) in [5.74, 6) is 1.89. The molecule has 2 aromatic carbocycles. The molecule has 1 aliphatic rings. The number of aryl methyl sites for hydroxylation is 1. The molecule has 0 aromatic heterocycles. The van der Waals surface area contributed by atoms with Crippen LogP contribution in [-0.4, -0.2) is 13.2 Å². The maximum atomic E-state index is 6.39. The molecule has 2 N–H and O–H groups in total. The van der Waals surface area contributed by atoms with Crippen LogP contribution >= 0.6 is 0 Å². The molecule has 3 rings (SSSR count). The minimum absolute atomic E-state index is 0.118. The van der Waals surface area contributed by atoms with Crippen LogP contribution in [0.15, 0.2) is 42.5 Å². The van der Waals surface area contributed by atoms with Gasteiger partial charge in [0.15, 0.2) is 0 Å². The highest BCUT2D eigenvalue weighted by molar-refractivity contribution is 5.42. The lowest BCUT2D eigenvalue weighted by Crippen LogP contribution is -2.14. The molecule has 0 saturated carbocycles. The third kappa shape index (κ3) is 3.03. The van der Waals surface area contributed by atoms with Crippen molar-refractivity contribution in [3.8, 4) is 11.5 Å². The van der Waals surface area contributed by atoms with Gasteiger partial charge in [-0.05, 0) is 54.7 Å². The van der Waals surface area contributed by atoms with E-state index in [4.69, 9.17) is 15.2 Å². The van der Waals surface area contributed by atoms with Gasteiger partial charge in [-0.1, -0.05) is 24.3 Å². The second-order valence-electron chi connectivity index (χ2n) is 5.30. The zero-order chi connectivity index (χ0) is 14.7. The summed E-state index contributed by atoms with van der Waals surface area (Å²) in [6.07, 6.45) is 2.15. The topological polar surface area (TPSA) is 44.5 Å². The Morgan fingerprint density at radius 2 is 1.90 bits per heavy atom. The van der Waals surface area contributed by atoms with Gasteiger partial charge in [-0.15, -0.1) is 0 Å². The van der Waals surface area contributed by atoms with Crippen molar-refractivity contribution in [2.75, 3.05) is 13.2 Å². The Bertz CT molecular complexity index is 607. The number of hydrogen-bond acceptors (Lipinski definition) is 3. The van der Waals surface area contributed by atoms with E-state index in [0.29, 0.717) is 6.61 Å². The summed E-state index contributed by atoms with van der Waals surface area (Å²) < 4.78 is 11.1. The fourth-order valence-corrected chi connectivity index (χ4v) is 2.70. The third-order valence-corrected chi connectivity index (χ3v) is 3.84. The van der Waals surface area contributed by atoms with Gasteiger partial charge < -0.3 is 15.2 Å². The Morgan fingerprint density at radius 1 is 1.14 bits per heavy atom. The average molecular weight is 283 g/mol.